The van der Waals surface area contributed by atoms with E-state index in [2.05, 4.69) is 0 Å². The minimum atomic E-state index is -2.43. The first-order valence-corrected chi connectivity index (χ1v) is 6.22. The van der Waals surface area contributed by atoms with Crippen molar-refractivity contribution in [3.63, 3.8) is 0 Å². The van der Waals surface area contributed by atoms with E-state index in [-0.39, 0.29) is 30.9 Å². The second-order valence-corrected chi connectivity index (χ2v) is 5.47. The van der Waals surface area contributed by atoms with Crippen molar-refractivity contribution in [3.8, 4) is 0 Å². The number of halogens is 2. The number of amides is 1. The number of carbonyl (C=O) groups is 1. The highest BCUT2D eigenvalue weighted by atomic mass is 19.3. The Morgan fingerprint density at radius 3 is 2.83 bits per heavy atom. The zero-order valence-electron chi connectivity index (χ0n) is 10.7. The molecule has 2 aliphatic heterocycles. The van der Waals surface area contributed by atoms with Crippen molar-refractivity contribution in [1.29, 1.82) is 0 Å². The van der Waals surface area contributed by atoms with Gasteiger partial charge in [-0.1, -0.05) is 0 Å². The van der Waals surface area contributed by atoms with E-state index in [0.717, 1.165) is 0 Å². The van der Waals surface area contributed by atoms with E-state index >= 15 is 0 Å². The maximum atomic E-state index is 12.2. The molecule has 0 aromatic rings. The van der Waals surface area contributed by atoms with Crippen LogP contribution in [0.3, 0.4) is 0 Å². The lowest BCUT2D eigenvalue weighted by Gasteiger charge is -2.45. The molecule has 0 aromatic carbocycles. The van der Waals surface area contributed by atoms with Gasteiger partial charge in [-0.2, -0.15) is 0 Å². The molecule has 2 saturated heterocycles. The summed E-state index contributed by atoms with van der Waals surface area (Å²) in [6.45, 7) is 5.12. The van der Waals surface area contributed by atoms with Gasteiger partial charge in [0.2, 0.25) is 12.3 Å². The molecule has 2 aliphatic rings. The minimum absolute atomic E-state index is 0.114. The molecule has 2 fully saturated rings. The Morgan fingerprint density at radius 2 is 2.17 bits per heavy atom. The number of alkyl halides is 2. The summed E-state index contributed by atoms with van der Waals surface area (Å²) in [6, 6.07) is -0.122. The zero-order chi connectivity index (χ0) is 13.3. The summed E-state index contributed by atoms with van der Waals surface area (Å²) in [5.41, 5.74) is -0.449. The third-order valence-corrected chi connectivity index (χ3v) is 3.32. The molecule has 6 heteroatoms. The topological polar surface area (TPSA) is 38.8 Å². The van der Waals surface area contributed by atoms with E-state index in [1.165, 1.54) is 0 Å². The third-order valence-electron chi connectivity index (χ3n) is 3.32. The lowest BCUT2D eigenvalue weighted by Crippen LogP contribution is -2.60. The van der Waals surface area contributed by atoms with Crippen molar-refractivity contribution < 1.29 is 23.0 Å². The van der Waals surface area contributed by atoms with Crippen LogP contribution < -0.4 is 0 Å². The van der Waals surface area contributed by atoms with E-state index in [0.29, 0.717) is 19.8 Å². The van der Waals surface area contributed by atoms with Gasteiger partial charge in [0.05, 0.1) is 24.9 Å². The summed E-state index contributed by atoms with van der Waals surface area (Å²) in [5, 5.41) is 0. The third kappa shape index (κ3) is 2.98. The molecule has 104 valence electrons. The molecule has 2 rings (SSSR count). The average molecular weight is 263 g/mol. The van der Waals surface area contributed by atoms with Gasteiger partial charge in [0, 0.05) is 19.4 Å². The maximum Gasteiger partial charge on any atom is 0.239 e. The minimum Gasteiger partial charge on any atom is -0.376 e. The summed E-state index contributed by atoms with van der Waals surface area (Å²) in [4.78, 5) is 13.7. The summed E-state index contributed by atoms with van der Waals surface area (Å²) >= 11 is 0. The van der Waals surface area contributed by atoms with Gasteiger partial charge in [-0.05, 0) is 13.8 Å². The van der Waals surface area contributed by atoms with Gasteiger partial charge in [-0.25, -0.2) is 8.78 Å². The largest absolute Gasteiger partial charge is 0.376 e. The molecule has 2 atom stereocenters. The maximum absolute atomic E-state index is 12.2. The van der Waals surface area contributed by atoms with Gasteiger partial charge in [0.25, 0.3) is 0 Å². The van der Waals surface area contributed by atoms with Crippen molar-refractivity contribution in [2.75, 3.05) is 19.8 Å². The van der Waals surface area contributed by atoms with Crippen LogP contribution in [-0.4, -0.2) is 54.7 Å². The molecule has 0 spiro atoms. The standard InChI is InChI=1S/C12H19F2NO3/c1-12(2)7-15(11(16)4-3-10(13)14)8-5-17-6-9(8)18-12/h8-10H,3-7H2,1-2H3/t8-,9-/m1/s1. The van der Waals surface area contributed by atoms with Crippen molar-refractivity contribution >= 4 is 5.91 Å². The van der Waals surface area contributed by atoms with Crippen LogP contribution in [0.2, 0.25) is 0 Å². The van der Waals surface area contributed by atoms with Gasteiger partial charge < -0.3 is 14.4 Å². The zero-order valence-corrected chi connectivity index (χ0v) is 10.7. The smallest absolute Gasteiger partial charge is 0.239 e. The van der Waals surface area contributed by atoms with Gasteiger partial charge >= 0.3 is 0 Å². The number of hydrogen-bond acceptors (Lipinski definition) is 3. The van der Waals surface area contributed by atoms with E-state index in [1.807, 2.05) is 13.8 Å². The predicted molar refractivity (Wildman–Crippen MR) is 60.5 cm³/mol. The molecule has 18 heavy (non-hydrogen) atoms. The van der Waals surface area contributed by atoms with Crippen molar-refractivity contribution in [2.24, 2.45) is 0 Å². The number of nitrogens with zero attached hydrogens (tertiary/aromatic N) is 1. The Hall–Kier alpha value is -0.750. The average Bonchev–Trinajstić information content (AvgIpc) is 2.70. The number of ether oxygens (including phenoxy) is 2. The normalized spacial score (nSPS) is 30.6. The molecule has 0 aliphatic carbocycles. The summed E-state index contributed by atoms with van der Waals surface area (Å²) in [5.74, 6) is -0.229. The fourth-order valence-corrected chi connectivity index (χ4v) is 2.55. The fraction of sp³-hybridized carbons (Fsp3) is 0.917. The molecule has 2 heterocycles. The van der Waals surface area contributed by atoms with Crippen LogP contribution in [0.15, 0.2) is 0 Å². The van der Waals surface area contributed by atoms with Gasteiger partial charge in [0.15, 0.2) is 0 Å². The molecule has 0 aromatic heterocycles. The monoisotopic (exact) mass is 263 g/mol. The Bertz CT molecular complexity index is 322. The second-order valence-electron chi connectivity index (χ2n) is 5.47. The summed E-state index contributed by atoms with van der Waals surface area (Å²) in [6.07, 6.45) is -3.06. The molecule has 0 unspecified atom stereocenters. The second kappa shape index (κ2) is 5.09. The highest BCUT2D eigenvalue weighted by Gasteiger charge is 2.45. The van der Waals surface area contributed by atoms with Crippen molar-refractivity contribution in [1.82, 2.24) is 4.90 Å². The summed E-state index contributed by atoms with van der Waals surface area (Å²) < 4.78 is 35.5. The summed E-state index contributed by atoms with van der Waals surface area (Å²) in [7, 11) is 0. The van der Waals surface area contributed by atoms with E-state index < -0.39 is 12.0 Å². The van der Waals surface area contributed by atoms with Crippen LogP contribution in [0.5, 0.6) is 0 Å². The Morgan fingerprint density at radius 1 is 1.44 bits per heavy atom. The highest BCUT2D eigenvalue weighted by molar-refractivity contribution is 5.77. The molecule has 0 N–H and O–H groups in total. The molecule has 4 nitrogen and oxygen atoms in total. The van der Waals surface area contributed by atoms with E-state index in [1.54, 1.807) is 4.90 Å². The first kappa shape index (κ1) is 13.7. The first-order chi connectivity index (χ1) is 8.39. The molecular weight excluding hydrogens is 244 g/mol. The number of hydrogen-bond donors (Lipinski definition) is 0. The predicted octanol–water partition coefficient (Wildman–Crippen LogP) is 1.44. The molecule has 0 bridgehead atoms. The Labute approximate surface area is 105 Å². The number of rotatable bonds is 3. The van der Waals surface area contributed by atoms with Crippen LogP contribution in [0.25, 0.3) is 0 Å². The van der Waals surface area contributed by atoms with E-state index in [4.69, 9.17) is 9.47 Å². The number of carbonyl (C=O) groups excluding carboxylic acids is 1. The van der Waals surface area contributed by atoms with Crippen LogP contribution in [0, 0.1) is 0 Å². The molecule has 1 amide bonds. The van der Waals surface area contributed by atoms with Gasteiger partial charge in [-0.15, -0.1) is 0 Å². The first-order valence-electron chi connectivity index (χ1n) is 6.22. The van der Waals surface area contributed by atoms with Crippen molar-refractivity contribution in [3.05, 3.63) is 0 Å². The molecular formula is C12H19F2NO3. The fourth-order valence-electron chi connectivity index (χ4n) is 2.55. The highest BCUT2D eigenvalue weighted by Crippen LogP contribution is 2.30. The molecule has 0 radical (unpaired) electrons. The number of morpholine rings is 1. The van der Waals surface area contributed by atoms with Crippen LogP contribution in [0.4, 0.5) is 8.78 Å². The lowest BCUT2D eigenvalue weighted by atomic mass is 10.00. The van der Waals surface area contributed by atoms with Gasteiger partial charge in [0.1, 0.15) is 6.10 Å². The number of fused-ring (bicyclic) bond motifs is 1. The van der Waals surface area contributed by atoms with Crippen molar-refractivity contribution in [2.45, 2.75) is 50.9 Å². The lowest BCUT2D eigenvalue weighted by molar-refractivity contribution is -0.169. The van der Waals surface area contributed by atoms with Crippen LogP contribution >= 0.6 is 0 Å². The quantitative estimate of drug-likeness (QED) is 0.773. The Kier molecular flexibility index (Phi) is 3.87. The van der Waals surface area contributed by atoms with Crippen LogP contribution in [-0.2, 0) is 14.3 Å². The SMILES string of the molecule is CC1(C)CN(C(=O)CCC(F)F)[C@@H]2COC[C@H]2O1. The van der Waals surface area contributed by atoms with Crippen LogP contribution in [0.1, 0.15) is 26.7 Å². The molecule has 0 saturated carbocycles. The van der Waals surface area contributed by atoms with E-state index in [9.17, 15) is 13.6 Å². The van der Waals surface area contributed by atoms with Gasteiger partial charge in [-0.3, -0.25) is 4.79 Å². The Balaban J connectivity index is 2.02.